The van der Waals surface area contributed by atoms with E-state index in [1.165, 1.54) is 45.6 Å². The Morgan fingerprint density at radius 1 is 1.03 bits per heavy atom. The van der Waals surface area contributed by atoms with E-state index in [-0.39, 0.29) is 23.1 Å². The van der Waals surface area contributed by atoms with Gasteiger partial charge in [0, 0.05) is 38.9 Å². The van der Waals surface area contributed by atoms with E-state index in [0.717, 1.165) is 12.1 Å². The molecule has 1 atom stereocenters. The molecular formula is C26H30F3N3O5S. The van der Waals surface area contributed by atoms with Crippen molar-refractivity contribution in [2.45, 2.75) is 55.4 Å². The van der Waals surface area contributed by atoms with Crippen LogP contribution in [0.3, 0.4) is 0 Å². The van der Waals surface area contributed by atoms with Crippen molar-refractivity contribution >= 4 is 21.8 Å². The van der Waals surface area contributed by atoms with E-state index in [1.807, 2.05) is 0 Å². The molecule has 2 saturated heterocycles. The van der Waals surface area contributed by atoms with Crippen LogP contribution in [0, 0.1) is 0 Å². The van der Waals surface area contributed by atoms with Gasteiger partial charge in [-0.05, 0) is 61.6 Å². The summed E-state index contributed by atoms with van der Waals surface area (Å²) in [4.78, 5) is 27.6. The van der Waals surface area contributed by atoms with Crippen LogP contribution in [0.1, 0.15) is 47.2 Å². The zero-order chi connectivity index (χ0) is 27.5. The lowest BCUT2D eigenvalue weighted by Gasteiger charge is -2.30. The molecule has 206 valence electrons. The third-order valence-electron chi connectivity index (χ3n) is 7.02. The molecule has 1 N–H and O–H groups in total. The van der Waals surface area contributed by atoms with E-state index in [2.05, 4.69) is 5.32 Å². The summed E-state index contributed by atoms with van der Waals surface area (Å²) in [6, 6.07) is 9.56. The lowest BCUT2D eigenvalue weighted by atomic mass is 10.1. The van der Waals surface area contributed by atoms with Gasteiger partial charge in [-0.15, -0.1) is 0 Å². The third-order valence-corrected chi connectivity index (χ3v) is 8.91. The largest absolute Gasteiger partial charge is 0.416 e. The van der Waals surface area contributed by atoms with Crippen LogP contribution in [0.4, 0.5) is 13.2 Å². The molecule has 0 aromatic heterocycles. The van der Waals surface area contributed by atoms with Gasteiger partial charge in [0.05, 0.1) is 16.6 Å². The summed E-state index contributed by atoms with van der Waals surface area (Å²) in [5.41, 5.74) is -0.112. The highest BCUT2D eigenvalue weighted by molar-refractivity contribution is 7.89. The molecule has 8 nitrogen and oxygen atoms in total. The predicted molar refractivity (Wildman–Crippen MR) is 133 cm³/mol. The van der Waals surface area contributed by atoms with Crippen LogP contribution in [0.25, 0.3) is 0 Å². The summed E-state index contributed by atoms with van der Waals surface area (Å²) >= 11 is 0. The molecule has 0 aliphatic carbocycles. The van der Waals surface area contributed by atoms with Crippen molar-refractivity contribution in [2.75, 3.05) is 26.7 Å². The van der Waals surface area contributed by atoms with Gasteiger partial charge in [0.25, 0.3) is 5.91 Å². The number of carbonyl (C=O) groups excluding carboxylic acids is 2. The number of nitrogens with zero attached hydrogens (tertiary/aromatic N) is 2. The molecule has 2 aromatic carbocycles. The van der Waals surface area contributed by atoms with Crippen molar-refractivity contribution in [3.8, 4) is 0 Å². The number of halogens is 3. The number of alkyl halides is 3. The molecule has 2 fully saturated rings. The Labute approximate surface area is 219 Å². The van der Waals surface area contributed by atoms with E-state index in [4.69, 9.17) is 4.74 Å². The van der Waals surface area contributed by atoms with Gasteiger partial charge in [0.15, 0.2) is 0 Å². The highest BCUT2D eigenvalue weighted by Gasteiger charge is 2.36. The number of methoxy groups -OCH3 is 1. The zero-order valence-corrected chi connectivity index (χ0v) is 21.7. The highest BCUT2D eigenvalue weighted by atomic mass is 32.2. The van der Waals surface area contributed by atoms with Crippen LogP contribution in [0.15, 0.2) is 53.4 Å². The quantitative estimate of drug-likeness (QED) is 0.567. The van der Waals surface area contributed by atoms with Crippen LogP contribution < -0.4 is 5.32 Å². The number of piperidine rings is 1. The maximum absolute atomic E-state index is 13.3. The number of hydrogen-bond donors (Lipinski definition) is 1. The Bertz CT molecular complexity index is 1260. The monoisotopic (exact) mass is 553 g/mol. The zero-order valence-electron chi connectivity index (χ0n) is 20.9. The summed E-state index contributed by atoms with van der Waals surface area (Å²) in [5, 5.41) is 2.70. The van der Waals surface area contributed by atoms with E-state index in [0.29, 0.717) is 50.9 Å². The number of ether oxygens (including phenoxy) is 1. The minimum atomic E-state index is -4.44. The maximum Gasteiger partial charge on any atom is 0.416 e. The summed E-state index contributed by atoms with van der Waals surface area (Å²) in [7, 11) is -2.20. The lowest BCUT2D eigenvalue weighted by molar-refractivity contribution is -0.137. The summed E-state index contributed by atoms with van der Waals surface area (Å²) in [6.07, 6.45) is -2.22. The Hall–Kier alpha value is -2.96. The van der Waals surface area contributed by atoms with Gasteiger partial charge in [-0.3, -0.25) is 9.59 Å². The number of rotatable bonds is 7. The standard InChI is InChI=1S/C26H30F3N3O5S/c1-37-21-11-14-31(15-12-21)38(35,36)22-5-2-4-19(16-22)25(34)32-13-3-6-23(32)24(33)30-17-18-7-9-20(10-8-18)26(27,28)29/h2,4-5,7-10,16,21,23H,3,6,11-15,17H2,1H3,(H,30,33)/t23-/m1/s1. The number of sulfonamides is 1. The number of nitrogens with one attached hydrogen (secondary N) is 1. The second-order valence-electron chi connectivity index (χ2n) is 9.44. The minimum Gasteiger partial charge on any atom is -0.381 e. The first-order chi connectivity index (χ1) is 18.0. The van der Waals surface area contributed by atoms with Gasteiger partial charge < -0.3 is 15.0 Å². The fourth-order valence-corrected chi connectivity index (χ4v) is 6.33. The molecule has 0 unspecified atom stereocenters. The first-order valence-electron chi connectivity index (χ1n) is 12.4. The van der Waals surface area contributed by atoms with Crippen molar-refractivity contribution in [1.29, 1.82) is 0 Å². The van der Waals surface area contributed by atoms with Crippen molar-refractivity contribution in [1.82, 2.24) is 14.5 Å². The number of carbonyl (C=O) groups is 2. The molecule has 38 heavy (non-hydrogen) atoms. The Morgan fingerprint density at radius 3 is 2.34 bits per heavy atom. The summed E-state index contributed by atoms with van der Waals surface area (Å²) in [6.45, 7) is 1.00. The van der Waals surface area contributed by atoms with E-state index in [9.17, 15) is 31.2 Å². The van der Waals surface area contributed by atoms with Crippen LogP contribution in [0.5, 0.6) is 0 Å². The Balaban J connectivity index is 1.41. The average molecular weight is 554 g/mol. The van der Waals surface area contributed by atoms with E-state index in [1.54, 1.807) is 7.11 Å². The third kappa shape index (κ3) is 6.19. The number of amides is 2. The topological polar surface area (TPSA) is 96.0 Å². The van der Waals surface area contributed by atoms with Crippen LogP contribution >= 0.6 is 0 Å². The minimum absolute atomic E-state index is 0.0155. The van der Waals surface area contributed by atoms with Gasteiger partial charge in [-0.1, -0.05) is 18.2 Å². The molecule has 4 rings (SSSR count). The molecule has 0 saturated carbocycles. The highest BCUT2D eigenvalue weighted by Crippen LogP contribution is 2.29. The molecule has 2 aromatic rings. The normalized spacial score (nSPS) is 19.5. The molecule has 12 heteroatoms. The van der Waals surface area contributed by atoms with Crippen molar-refractivity contribution in [2.24, 2.45) is 0 Å². The van der Waals surface area contributed by atoms with E-state index < -0.39 is 39.6 Å². The SMILES string of the molecule is COC1CCN(S(=O)(=O)c2cccc(C(=O)N3CCC[C@@H]3C(=O)NCc3ccc(C(F)(F)F)cc3)c2)CC1. The first kappa shape index (κ1) is 28.1. The van der Waals surface area contributed by atoms with Gasteiger partial charge in [-0.25, -0.2) is 8.42 Å². The van der Waals surface area contributed by atoms with Crippen molar-refractivity contribution in [3.05, 3.63) is 65.2 Å². The Morgan fingerprint density at radius 2 is 1.71 bits per heavy atom. The smallest absolute Gasteiger partial charge is 0.381 e. The molecule has 2 heterocycles. The molecule has 2 amide bonds. The van der Waals surface area contributed by atoms with Gasteiger partial charge in [0.1, 0.15) is 6.04 Å². The van der Waals surface area contributed by atoms with Crippen molar-refractivity contribution in [3.63, 3.8) is 0 Å². The second-order valence-corrected chi connectivity index (χ2v) is 11.4. The fraction of sp³-hybridized carbons (Fsp3) is 0.462. The summed E-state index contributed by atoms with van der Waals surface area (Å²) < 4.78 is 71.3. The van der Waals surface area contributed by atoms with Gasteiger partial charge in [0.2, 0.25) is 15.9 Å². The maximum atomic E-state index is 13.3. The van der Waals surface area contributed by atoms with E-state index >= 15 is 0 Å². The predicted octanol–water partition coefficient (Wildman–Crippen LogP) is 3.43. The average Bonchev–Trinajstić information content (AvgIpc) is 3.41. The van der Waals surface area contributed by atoms with Crippen molar-refractivity contribution < 1.29 is 35.9 Å². The number of hydrogen-bond acceptors (Lipinski definition) is 5. The van der Waals surface area contributed by atoms with Crippen LogP contribution in [-0.2, 0) is 32.3 Å². The Kier molecular flexibility index (Phi) is 8.43. The molecule has 0 radical (unpaired) electrons. The number of benzene rings is 2. The molecular weight excluding hydrogens is 523 g/mol. The molecule has 2 aliphatic rings. The van der Waals surface area contributed by atoms with Crippen LogP contribution in [0.2, 0.25) is 0 Å². The molecule has 0 spiro atoms. The first-order valence-corrected chi connectivity index (χ1v) is 13.8. The number of likely N-dealkylation sites (tertiary alicyclic amines) is 1. The molecule has 2 aliphatic heterocycles. The van der Waals surface area contributed by atoms with Crippen LogP contribution in [-0.4, -0.2) is 68.3 Å². The van der Waals surface area contributed by atoms with Gasteiger partial charge in [-0.2, -0.15) is 17.5 Å². The van der Waals surface area contributed by atoms with Gasteiger partial charge >= 0.3 is 6.18 Å². The second kappa shape index (κ2) is 11.4. The fourth-order valence-electron chi connectivity index (χ4n) is 4.81. The summed E-state index contributed by atoms with van der Waals surface area (Å²) in [5.74, 6) is -0.868. The molecule has 0 bridgehead atoms. The lowest BCUT2D eigenvalue weighted by Crippen LogP contribution is -2.45.